The molecular weight excluding hydrogens is 438 g/mol. The number of furan rings is 1. The first kappa shape index (κ1) is 22.4. The third kappa shape index (κ3) is 4.13. The molecule has 0 spiro atoms. The molecule has 0 unspecified atom stereocenters. The Kier molecular flexibility index (Phi) is 5.99. The highest BCUT2D eigenvalue weighted by Crippen LogP contribution is 2.36. The molecular formula is C25H27N3O6. The predicted octanol–water partition coefficient (Wildman–Crippen LogP) is 3.62. The Labute approximate surface area is 196 Å². The Hall–Kier alpha value is -3.40. The van der Waals surface area contributed by atoms with Crippen molar-refractivity contribution in [1.82, 2.24) is 10.1 Å². The van der Waals surface area contributed by atoms with E-state index >= 15 is 0 Å². The van der Waals surface area contributed by atoms with Gasteiger partial charge < -0.3 is 34.4 Å². The molecule has 0 atom stereocenters. The van der Waals surface area contributed by atoms with E-state index in [1.54, 1.807) is 19.2 Å². The molecule has 9 nitrogen and oxygen atoms in total. The lowest BCUT2D eigenvalue weighted by Gasteiger charge is -2.21. The number of methoxy groups -OCH3 is 1. The van der Waals surface area contributed by atoms with Gasteiger partial charge in [0.2, 0.25) is 5.82 Å². The number of ether oxygens (including phenoxy) is 2. The third-order valence-electron chi connectivity index (χ3n) is 6.26. The van der Waals surface area contributed by atoms with E-state index in [1.165, 1.54) is 12.8 Å². The second-order valence-electron chi connectivity index (χ2n) is 8.65. The summed E-state index contributed by atoms with van der Waals surface area (Å²) in [6.07, 6.45) is 4.62. The second-order valence-corrected chi connectivity index (χ2v) is 8.65. The van der Waals surface area contributed by atoms with Crippen LogP contribution in [0.15, 0.2) is 51.4 Å². The number of aliphatic hydroxyl groups excluding tert-OH is 2. The first-order valence-electron chi connectivity index (χ1n) is 11.3. The van der Waals surface area contributed by atoms with Crippen LogP contribution in [0.2, 0.25) is 0 Å². The van der Waals surface area contributed by atoms with Crippen molar-refractivity contribution in [3.05, 3.63) is 48.2 Å². The van der Waals surface area contributed by atoms with E-state index in [9.17, 15) is 10.2 Å². The highest BCUT2D eigenvalue weighted by atomic mass is 16.5. The minimum absolute atomic E-state index is 0.192. The van der Waals surface area contributed by atoms with Crippen LogP contribution in [0.1, 0.15) is 31.4 Å². The quantitative estimate of drug-likeness (QED) is 0.356. The molecule has 0 bridgehead atoms. The summed E-state index contributed by atoms with van der Waals surface area (Å²) in [6.45, 7) is -0.891. The Morgan fingerprint density at radius 1 is 1.03 bits per heavy atom. The monoisotopic (exact) mass is 465 g/mol. The van der Waals surface area contributed by atoms with Gasteiger partial charge >= 0.3 is 0 Å². The van der Waals surface area contributed by atoms with Gasteiger partial charge in [0, 0.05) is 16.5 Å². The first-order valence-corrected chi connectivity index (χ1v) is 11.3. The topological polar surface area (TPSA) is 137 Å². The van der Waals surface area contributed by atoms with Crippen molar-refractivity contribution in [3.63, 3.8) is 0 Å². The Balaban J connectivity index is 1.43. The number of hydrogen-bond donors (Lipinski definition) is 3. The fourth-order valence-electron chi connectivity index (χ4n) is 4.18. The van der Waals surface area contributed by atoms with E-state index in [0.717, 1.165) is 29.4 Å². The van der Waals surface area contributed by atoms with Crippen molar-refractivity contribution in [2.75, 3.05) is 20.3 Å². The number of aromatic nitrogens is 2. The van der Waals surface area contributed by atoms with Gasteiger partial charge in [0.05, 0.1) is 26.4 Å². The molecule has 0 saturated heterocycles. The number of nitrogens with zero attached hydrogens (tertiary/aromatic N) is 2. The Morgan fingerprint density at radius 3 is 2.53 bits per heavy atom. The number of nitrogens with two attached hydrogens (primary N) is 1. The minimum Gasteiger partial charge on any atom is -0.493 e. The van der Waals surface area contributed by atoms with Crippen molar-refractivity contribution in [1.29, 1.82) is 0 Å². The standard InChI is InChI=1S/C25H27N3O6/c1-31-20-9-7-16(11-21(20)32-18-4-2-3-5-18)24-27-23(28-34-24)15-6-8-19-17(10-15)12-22(33-19)25(26,13-29)14-30/h6-12,18,29-30H,2-5,13-14,26H2,1H3. The van der Waals surface area contributed by atoms with Gasteiger partial charge in [-0.3, -0.25) is 0 Å². The highest BCUT2D eigenvalue weighted by Gasteiger charge is 2.30. The van der Waals surface area contributed by atoms with Gasteiger partial charge in [0.1, 0.15) is 16.9 Å². The van der Waals surface area contributed by atoms with Crippen molar-refractivity contribution >= 4 is 11.0 Å². The number of benzene rings is 2. The maximum absolute atomic E-state index is 9.55. The third-order valence-corrected chi connectivity index (χ3v) is 6.26. The van der Waals surface area contributed by atoms with E-state index in [-0.39, 0.29) is 6.10 Å². The number of hydrogen-bond acceptors (Lipinski definition) is 9. The molecule has 0 amide bonds. The van der Waals surface area contributed by atoms with Crippen LogP contribution in [0.3, 0.4) is 0 Å². The normalized spacial score (nSPS) is 14.7. The second kappa shape index (κ2) is 9.09. The van der Waals surface area contributed by atoms with Gasteiger partial charge in [-0.05, 0) is 68.1 Å². The maximum atomic E-state index is 9.55. The summed E-state index contributed by atoms with van der Waals surface area (Å²) in [5.74, 6) is 2.40. The molecule has 0 radical (unpaired) electrons. The van der Waals surface area contributed by atoms with Crippen LogP contribution in [0, 0.1) is 0 Å². The van der Waals surface area contributed by atoms with Crippen molar-refractivity contribution in [2.24, 2.45) is 5.73 Å². The molecule has 178 valence electrons. The summed E-state index contributed by atoms with van der Waals surface area (Å²) in [5, 5.41) is 24.0. The van der Waals surface area contributed by atoms with Crippen LogP contribution in [0.5, 0.6) is 11.5 Å². The lowest BCUT2D eigenvalue weighted by molar-refractivity contribution is 0.105. The van der Waals surface area contributed by atoms with Gasteiger partial charge in [0.15, 0.2) is 11.5 Å². The molecule has 5 rings (SSSR count). The summed E-state index contributed by atoms with van der Waals surface area (Å²) < 4.78 is 22.9. The molecule has 1 fully saturated rings. The van der Waals surface area contributed by atoms with Gasteiger partial charge in [-0.15, -0.1) is 0 Å². The molecule has 4 aromatic rings. The SMILES string of the molecule is COc1ccc(-c2nc(-c3ccc4oc(C(N)(CO)CO)cc4c3)no2)cc1OC1CCCC1. The van der Waals surface area contributed by atoms with Crippen LogP contribution in [0.4, 0.5) is 0 Å². The molecule has 2 heterocycles. The van der Waals surface area contributed by atoms with Gasteiger partial charge in [-0.1, -0.05) is 5.16 Å². The van der Waals surface area contributed by atoms with E-state index < -0.39 is 18.8 Å². The molecule has 1 saturated carbocycles. The summed E-state index contributed by atoms with van der Waals surface area (Å²) >= 11 is 0. The van der Waals surface area contributed by atoms with Crippen LogP contribution >= 0.6 is 0 Å². The van der Waals surface area contributed by atoms with Crippen molar-refractivity contribution < 1.29 is 28.6 Å². The summed E-state index contributed by atoms with van der Waals surface area (Å²) in [7, 11) is 1.62. The van der Waals surface area contributed by atoms with Crippen LogP contribution < -0.4 is 15.2 Å². The summed E-state index contributed by atoms with van der Waals surface area (Å²) in [5.41, 5.74) is 6.70. The Morgan fingerprint density at radius 2 is 1.79 bits per heavy atom. The Bertz CT molecular complexity index is 1290. The molecule has 1 aliphatic carbocycles. The predicted molar refractivity (Wildman–Crippen MR) is 124 cm³/mol. The lowest BCUT2D eigenvalue weighted by atomic mass is 10.00. The molecule has 34 heavy (non-hydrogen) atoms. The average molecular weight is 466 g/mol. The van der Waals surface area contributed by atoms with Crippen molar-refractivity contribution in [2.45, 2.75) is 37.3 Å². The zero-order valence-electron chi connectivity index (χ0n) is 18.9. The van der Waals surface area contributed by atoms with Gasteiger partial charge in [0.25, 0.3) is 5.89 Å². The number of fused-ring (bicyclic) bond motifs is 1. The van der Waals surface area contributed by atoms with Crippen molar-refractivity contribution in [3.8, 4) is 34.3 Å². The molecule has 1 aliphatic rings. The molecule has 9 heteroatoms. The van der Waals surface area contributed by atoms with Crippen LogP contribution in [-0.2, 0) is 5.54 Å². The highest BCUT2D eigenvalue weighted by molar-refractivity contribution is 5.83. The molecule has 0 aliphatic heterocycles. The number of aliphatic hydroxyl groups is 2. The fourth-order valence-corrected chi connectivity index (χ4v) is 4.18. The van der Waals surface area contributed by atoms with Gasteiger partial charge in [-0.2, -0.15) is 4.98 Å². The fraction of sp³-hybridized carbons (Fsp3) is 0.360. The zero-order chi connectivity index (χ0) is 23.7. The number of rotatable bonds is 8. The molecule has 2 aromatic carbocycles. The smallest absolute Gasteiger partial charge is 0.258 e. The molecule has 2 aromatic heterocycles. The summed E-state index contributed by atoms with van der Waals surface area (Å²) in [4.78, 5) is 4.56. The average Bonchev–Trinajstić information content (AvgIpc) is 3.64. The van der Waals surface area contributed by atoms with Crippen LogP contribution in [-0.4, -0.2) is 46.8 Å². The van der Waals surface area contributed by atoms with Gasteiger partial charge in [-0.25, -0.2) is 0 Å². The minimum atomic E-state index is -1.36. The zero-order valence-corrected chi connectivity index (χ0v) is 18.9. The summed E-state index contributed by atoms with van der Waals surface area (Å²) in [6, 6.07) is 12.7. The van der Waals surface area contributed by atoms with E-state index in [4.69, 9.17) is 24.1 Å². The largest absolute Gasteiger partial charge is 0.493 e. The van der Waals surface area contributed by atoms with Crippen LogP contribution in [0.25, 0.3) is 33.8 Å². The van der Waals surface area contributed by atoms with E-state index in [1.807, 2.05) is 30.3 Å². The molecule has 4 N–H and O–H groups in total. The van der Waals surface area contributed by atoms with E-state index in [0.29, 0.717) is 34.6 Å². The van der Waals surface area contributed by atoms with E-state index in [2.05, 4.69) is 10.1 Å². The maximum Gasteiger partial charge on any atom is 0.258 e. The lowest BCUT2D eigenvalue weighted by Crippen LogP contribution is -2.43. The first-order chi connectivity index (χ1) is 16.5.